The molecule has 1 unspecified atom stereocenters. The molecule has 5 heteroatoms. The molecule has 1 heterocycles. The molecule has 0 aliphatic heterocycles. The van der Waals surface area contributed by atoms with Gasteiger partial charge in [-0.2, -0.15) is 0 Å². The SMILES string of the molecule is CCC(C)n1c(SCC(=O)c2ccc(C3CCCCC3)cc2)nc2ccccc2c1=O. The molecule has 31 heavy (non-hydrogen) atoms. The van der Waals surface area contributed by atoms with Crippen LogP contribution in [0.2, 0.25) is 0 Å². The van der Waals surface area contributed by atoms with Crippen LogP contribution in [0.25, 0.3) is 10.9 Å². The maximum Gasteiger partial charge on any atom is 0.262 e. The topological polar surface area (TPSA) is 52.0 Å². The lowest BCUT2D eigenvalue weighted by Crippen LogP contribution is -2.26. The van der Waals surface area contributed by atoms with E-state index in [0.717, 1.165) is 12.0 Å². The molecule has 0 N–H and O–H groups in total. The van der Waals surface area contributed by atoms with Crippen molar-refractivity contribution in [2.45, 2.75) is 69.5 Å². The van der Waals surface area contributed by atoms with Gasteiger partial charge in [-0.15, -0.1) is 0 Å². The van der Waals surface area contributed by atoms with Crippen molar-refractivity contribution >= 4 is 28.4 Å². The van der Waals surface area contributed by atoms with Crippen LogP contribution < -0.4 is 5.56 Å². The second-order valence-corrected chi connectivity index (χ2v) is 9.46. The van der Waals surface area contributed by atoms with E-state index < -0.39 is 0 Å². The molecule has 0 radical (unpaired) electrons. The van der Waals surface area contributed by atoms with Crippen molar-refractivity contribution in [3.05, 3.63) is 70.0 Å². The van der Waals surface area contributed by atoms with Crippen LogP contribution >= 0.6 is 11.8 Å². The van der Waals surface area contributed by atoms with Gasteiger partial charge in [-0.1, -0.05) is 74.3 Å². The van der Waals surface area contributed by atoms with Crippen molar-refractivity contribution in [2.75, 3.05) is 5.75 Å². The smallest absolute Gasteiger partial charge is 0.262 e. The molecular weight excluding hydrogens is 404 g/mol. The Hall–Kier alpha value is -2.40. The van der Waals surface area contributed by atoms with Gasteiger partial charge in [0.2, 0.25) is 0 Å². The van der Waals surface area contributed by atoms with Gasteiger partial charge in [-0.3, -0.25) is 14.2 Å². The lowest BCUT2D eigenvalue weighted by atomic mass is 9.84. The van der Waals surface area contributed by atoms with Crippen LogP contribution in [0, 0.1) is 0 Å². The number of Topliss-reactive ketones (excluding diaryl/α,β-unsaturated/α-hetero) is 1. The number of ketones is 1. The Kier molecular flexibility index (Phi) is 6.91. The number of hydrogen-bond donors (Lipinski definition) is 0. The predicted octanol–water partition coefficient (Wildman–Crippen LogP) is 6.39. The van der Waals surface area contributed by atoms with Crippen LogP contribution in [0.5, 0.6) is 0 Å². The summed E-state index contributed by atoms with van der Waals surface area (Å²) in [6, 6.07) is 15.6. The van der Waals surface area contributed by atoms with Gasteiger partial charge in [-0.05, 0) is 49.8 Å². The number of benzene rings is 2. The first-order valence-corrected chi connectivity index (χ1v) is 12.3. The zero-order valence-electron chi connectivity index (χ0n) is 18.3. The molecule has 0 bridgehead atoms. The Labute approximate surface area is 188 Å². The van der Waals surface area contributed by atoms with Crippen molar-refractivity contribution < 1.29 is 4.79 Å². The van der Waals surface area contributed by atoms with Crippen molar-refractivity contribution in [3.8, 4) is 0 Å². The molecule has 4 nitrogen and oxygen atoms in total. The number of nitrogens with zero attached hydrogens (tertiary/aromatic N) is 2. The fourth-order valence-electron chi connectivity index (χ4n) is 4.39. The Morgan fingerprint density at radius 1 is 1.10 bits per heavy atom. The summed E-state index contributed by atoms with van der Waals surface area (Å²) in [5.41, 5.74) is 2.72. The summed E-state index contributed by atoms with van der Waals surface area (Å²) in [6.07, 6.45) is 7.28. The van der Waals surface area contributed by atoms with Crippen molar-refractivity contribution in [2.24, 2.45) is 0 Å². The number of carbonyl (C=O) groups is 1. The van der Waals surface area contributed by atoms with Gasteiger partial charge in [0.1, 0.15) is 0 Å². The first-order valence-electron chi connectivity index (χ1n) is 11.4. The zero-order valence-corrected chi connectivity index (χ0v) is 19.2. The van der Waals surface area contributed by atoms with Crippen molar-refractivity contribution in [1.82, 2.24) is 9.55 Å². The Morgan fingerprint density at radius 3 is 2.52 bits per heavy atom. The number of carbonyl (C=O) groups excluding carboxylic acids is 1. The van der Waals surface area contributed by atoms with Gasteiger partial charge >= 0.3 is 0 Å². The number of hydrogen-bond acceptors (Lipinski definition) is 4. The Balaban J connectivity index is 1.53. The summed E-state index contributed by atoms with van der Waals surface area (Å²) in [4.78, 5) is 30.7. The molecular formula is C26H30N2O2S. The van der Waals surface area contributed by atoms with E-state index in [1.54, 1.807) is 4.57 Å². The number of rotatable bonds is 7. The summed E-state index contributed by atoms with van der Waals surface area (Å²) >= 11 is 1.36. The van der Waals surface area contributed by atoms with Gasteiger partial charge in [0.15, 0.2) is 10.9 Å². The maximum absolute atomic E-state index is 13.1. The minimum atomic E-state index is -0.0354. The highest BCUT2D eigenvalue weighted by Crippen LogP contribution is 2.32. The molecule has 1 aliphatic carbocycles. The van der Waals surface area contributed by atoms with Crippen molar-refractivity contribution in [1.29, 1.82) is 0 Å². The number of thioether (sulfide) groups is 1. The Morgan fingerprint density at radius 2 is 1.81 bits per heavy atom. The van der Waals surface area contributed by atoms with Crippen LogP contribution in [0.1, 0.15) is 80.3 Å². The maximum atomic E-state index is 13.1. The predicted molar refractivity (Wildman–Crippen MR) is 128 cm³/mol. The van der Waals surface area contributed by atoms with E-state index in [4.69, 9.17) is 4.98 Å². The normalized spacial score (nSPS) is 15.8. The van der Waals surface area contributed by atoms with E-state index in [1.807, 2.05) is 43.3 Å². The molecule has 0 saturated heterocycles. The average Bonchev–Trinajstić information content (AvgIpc) is 2.83. The van der Waals surface area contributed by atoms with Crippen LogP contribution in [0.4, 0.5) is 0 Å². The summed E-state index contributed by atoms with van der Waals surface area (Å²) in [7, 11) is 0. The molecule has 1 saturated carbocycles. The largest absolute Gasteiger partial charge is 0.293 e. The monoisotopic (exact) mass is 434 g/mol. The second kappa shape index (κ2) is 9.82. The van der Waals surface area contributed by atoms with Crippen LogP contribution in [0.3, 0.4) is 0 Å². The molecule has 2 aromatic carbocycles. The lowest BCUT2D eigenvalue weighted by Gasteiger charge is -2.22. The van der Waals surface area contributed by atoms with Gasteiger partial charge in [0.05, 0.1) is 16.7 Å². The molecule has 0 amide bonds. The van der Waals surface area contributed by atoms with Gasteiger partial charge in [0, 0.05) is 11.6 Å². The number of fused-ring (bicyclic) bond motifs is 1. The van der Waals surface area contributed by atoms with Crippen LogP contribution in [-0.4, -0.2) is 21.1 Å². The van der Waals surface area contributed by atoms with Gasteiger partial charge in [0.25, 0.3) is 5.56 Å². The number of aromatic nitrogens is 2. The van der Waals surface area contributed by atoms with E-state index in [2.05, 4.69) is 19.1 Å². The minimum absolute atomic E-state index is 0.0250. The van der Waals surface area contributed by atoms with E-state index >= 15 is 0 Å². The third-order valence-electron chi connectivity index (χ3n) is 6.45. The third kappa shape index (κ3) is 4.77. The van der Waals surface area contributed by atoms with E-state index in [9.17, 15) is 9.59 Å². The highest BCUT2D eigenvalue weighted by molar-refractivity contribution is 7.99. The molecule has 1 fully saturated rings. The molecule has 162 valence electrons. The average molecular weight is 435 g/mol. The van der Waals surface area contributed by atoms with Crippen LogP contribution in [-0.2, 0) is 0 Å². The standard InChI is InChI=1S/C26H30N2O2S/c1-3-18(2)28-25(30)22-11-7-8-12-23(22)27-26(28)31-17-24(29)21-15-13-20(14-16-21)19-9-5-4-6-10-19/h7-8,11-16,18-19H,3-6,9-10,17H2,1-2H3. The fraction of sp³-hybridized carbons (Fsp3) is 0.423. The second-order valence-electron chi connectivity index (χ2n) is 8.51. The van der Waals surface area contributed by atoms with Gasteiger partial charge < -0.3 is 0 Å². The summed E-state index contributed by atoms with van der Waals surface area (Å²) < 4.78 is 1.74. The summed E-state index contributed by atoms with van der Waals surface area (Å²) in [5, 5.41) is 1.24. The first-order chi connectivity index (χ1) is 15.1. The molecule has 3 aromatic rings. The zero-order chi connectivity index (χ0) is 21.8. The highest BCUT2D eigenvalue weighted by atomic mass is 32.2. The van der Waals surface area contributed by atoms with E-state index in [1.165, 1.54) is 49.4 Å². The van der Waals surface area contributed by atoms with Gasteiger partial charge in [-0.25, -0.2) is 4.98 Å². The molecule has 4 rings (SSSR count). The van der Waals surface area contributed by atoms with E-state index in [-0.39, 0.29) is 23.1 Å². The molecule has 1 aromatic heterocycles. The summed E-state index contributed by atoms with van der Waals surface area (Å²) in [6.45, 7) is 4.08. The number of para-hydroxylation sites is 1. The fourth-order valence-corrected chi connectivity index (χ4v) is 5.38. The lowest BCUT2D eigenvalue weighted by molar-refractivity contribution is 0.102. The highest BCUT2D eigenvalue weighted by Gasteiger charge is 2.18. The van der Waals surface area contributed by atoms with E-state index in [0.29, 0.717) is 22.0 Å². The minimum Gasteiger partial charge on any atom is -0.293 e. The Bertz CT molecular complexity index is 1110. The first kappa shape index (κ1) is 21.8. The third-order valence-corrected chi connectivity index (χ3v) is 7.40. The summed E-state index contributed by atoms with van der Waals surface area (Å²) in [5.74, 6) is 0.974. The molecule has 1 atom stereocenters. The van der Waals surface area contributed by atoms with Crippen LogP contribution in [0.15, 0.2) is 58.5 Å². The molecule has 0 spiro atoms. The quantitative estimate of drug-likeness (QED) is 0.246. The molecule has 1 aliphatic rings. The van der Waals surface area contributed by atoms with Crippen molar-refractivity contribution in [3.63, 3.8) is 0 Å².